The highest BCUT2D eigenvalue weighted by molar-refractivity contribution is 6.21. The van der Waals surface area contributed by atoms with Gasteiger partial charge in [-0.05, 0) is 24.5 Å². The second kappa shape index (κ2) is 5.14. The van der Waals surface area contributed by atoms with Crippen LogP contribution in [0.25, 0.3) is 0 Å². The highest BCUT2D eigenvalue weighted by atomic mass is 35.5. The molecule has 3 nitrogen and oxygen atoms in total. The molecule has 2 unspecified atom stereocenters. The lowest BCUT2D eigenvalue weighted by Gasteiger charge is -2.34. The number of amides is 1. The number of phenols is 1. The molecule has 1 N–H and O–H groups in total. The van der Waals surface area contributed by atoms with Gasteiger partial charge in [-0.3, -0.25) is 4.79 Å². The zero-order chi connectivity index (χ0) is 13.3. The number of hydrogen-bond donors (Lipinski definition) is 1. The summed E-state index contributed by atoms with van der Waals surface area (Å²) in [6.45, 7) is 2.95. The van der Waals surface area contributed by atoms with E-state index in [9.17, 15) is 14.3 Å². The van der Waals surface area contributed by atoms with E-state index in [0.29, 0.717) is 19.0 Å². The molecule has 2 atom stereocenters. The maximum Gasteiger partial charge on any atom is 0.260 e. The number of halogens is 2. The Kier molecular flexibility index (Phi) is 3.76. The van der Waals surface area contributed by atoms with Gasteiger partial charge in [0.1, 0.15) is 17.1 Å². The molecule has 1 aromatic rings. The predicted molar refractivity (Wildman–Crippen MR) is 67.4 cm³/mol. The lowest BCUT2D eigenvalue weighted by molar-refractivity contribution is 0.0693. The topological polar surface area (TPSA) is 40.5 Å². The van der Waals surface area contributed by atoms with Crippen molar-refractivity contribution in [2.24, 2.45) is 5.92 Å². The van der Waals surface area contributed by atoms with Crippen LogP contribution in [0.4, 0.5) is 4.39 Å². The molecule has 0 saturated carbocycles. The predicted octanol–water partition coefficient (Wildman–Crippen LogP) is 2.62. The van der Waals surface area contributed by atoms with Gasteiger partial charge >= 0.3 is 0 Å². The molecule has 0 radical (unpaired) electrons. The zero-order valence-corrected chi connectivity index (χ0v) is 10.8. The van der Waals surface area contributed by atoms with Gasteiger partial charge < -0.3 is 10.0 Å². The molecule has 2 rings (SSSR count). The number of aromatic hydroxyl groups is 1. The summed E-state index contributed by atoms with van der Waals surface area (Å²) in [5, 5.41) is 9.46. The quantitative estimate of drug-likeness (QED) is 0.798. The SMILES string of the molecule is CC1CCN(C(=O)c2c(O)cccc2F)CC1Cl. The summed E-state index contributed by atoms with van der Waals surface area (Å²) >= 11 is 6.12. The first-order valence-electron chi connectivity index (χ1n) is 5.91. The van der Waals surface area contributed by atoms with E-state index >= 15 is 0 Å². The second-order valence-electron chi connectivity index (χ2n) is 4.67. The number of hydrogen-bond acceptors (Lipinski definition) is 2. The molecule has 1 aromatic carbocycles. The number of carbonyl (C=O) groups is 1. The van der Waals surface area contributed by atoms with Crippen molar-refractivity contribution >= 4 is 17.5 Å². The Morgan fingerprint density at radius 2 is 2.28 bits per heavy atom. The van der Waals surface area contributed by atoms with Crippen molar-refractivity contribution in [2.45, 2.75) is 18.7 Å². The number of carbonyl (C=O) groups excluding carboxylic acids is 1. The third-order valence-electron chi connectivity index (χ3n) is 3.36. The van der Waals surface area contributed by atoms with E-state index in [1.54, 1.807) is 0 Å². The molecule has 1 aliphatic heterocycles. The van der Waals surface area contributed by atoms with Crippen LogP contribution in [-0.2, 0) is 0 Å². The maximum atomic E-state index is 13.6. The Bertz CT molecular complexity index is 446. The standard InChI is InChI=1S/C13H15ClFNO2/c1-8-5-6-16(7-9(8)14)13(18)12-10(15)3-2-4-11(12)17/h2-4,8-9,17H,5-7H2,1H3. The average Bonchev–Trinajstić information content (AvgIpc) is 2.32. The van der Waals surface area contributed by atoms with Crippen molar-refractivity contribution in [1.29, 1.82) is 0 Å². The number of nitrogens with zero attached hydrogens (tertiary/aromatic N) is 1. The van der Waals surface area contributed by atoms with Crippen molar-refractivity contribution in [3.63, 3.8) is 0 Å². The van der Waals surface area contributed by atoms with Gasteiger partial charge in [0.25, 0.3) is 5.91 Å². The zero-order valence-electron chi connectivity index (χ0n) is 10.1. The maximum absolute atomic E-state index is 13.6. The van der Waals surface area contributed by atoms with Gasteiger partial charge in [-0.1, -0.05) is 13.0 Å². The minimum Gasteiger partial charge on any atom is -0.507 e. The van der Waals surface area contributed by atoms with E-state index in [0.717, 1.165) is 12.5 Å². The largest absolute Gasteiger partial charge is 0.507 e. The van der Waals surface area contributed by atoms with Crippen LogP contribution in [0.3, 0.4) is 0 Å². The number of rotatable bonds is 1. The van der Waals surface area contributed by atoms with Gasteiger partial charge in [-0.15, -0.1) is 11.6 Å². The molecule has 0 aliphatic carbocycles. The van der Waals surface area contributed by atoms with Crippen molar-refractivity contribution in [3.05, 3.63) is 29.6 Å². The molecule has 1 amide bonds. The van der Waals surface area contributed by atoms with E-state index in [-0.39, 0.29) is 16.7 Å². The van der Waals surface area contributed by atoms with Crippen molar-refractivity contribution in [3.8, 4) is 5.75 Å². The molecule has 1 fully saturated rings. The lowest BCUT2D eigenvalue weighted by atomic mass is 9.98. The van der Waals surface area contributed by atoms with E-state index in [1.165, 1.54) is 17.0 Å². The smallest absolute Gasteiger partial charge is 0.260 e. The Labute approximate surface area is 110 Å². The first-order valence-corrected chi connectivity index (χ1v) is 6.35. The Balaban J connectivity index is 2.22. The van der Waals surface area contributed by atoms with Crippen LogP contribution < -0.4 is 0 Å². The highest BCUT2D eigenvalue weighted by Gasteiger charge is 2.30. The summed E-state index contributed by atoms with van der Waals surface area (Å²) in [5.74, 6) is -1.19. The summed E-state index contributed by atoms with van der Waals surface area (Å²) in [6, 6.07) is 3.84. The molecule has 0 aromatic heterocycles. The molecule has 18 heavy (non-hydrogen) atoms. The normalized spacial score (nSPS) is 24.1. The Hall–Kier alpha value is -1.29. The minimum atomic E-state index is -0.704. The van der Waals surface area contributed by atoms with E-state index in [2.05, 4.69) is 0 Å². The van der Waals surface area contributed by atoms with Crippen LogP contribution in [0.2, 0.25) is 0 Å². The van der Waals surface area contributed by atoms with E-state index in [4.69, 9.17) is 11.6 Å². The summed E-state index contributed by atoms with van der Waals surface area (Å²) < 4.78 is 13.6. The van der Waals surface area contributed by atoms with Gasteiger partial charge in [0.2, 0.25) is 0 Å². The summed E-state index contributed by atoms with van der Waals surface area (Å²) in [6.07, 6.45) is 0.787. The van der Waals surface area contributed by atoms with Gasteiger partial charge in [0.05, 0.1) is 5.38 Å². The third kappa shape index (κ3) is 2.43. The van der Waals surface area contributed by atoms with Gasteiger partial charge in [-0.25, -0.2) is 4.39 Å². The van der Waals surface area contributed by atoms with Crippen LogP contribution >= 0.6 is 11.6 Å². The van der Waals surface area contributed by atoms with Crippen molar-refractivity contribution in [2.75, 3.05) is 13.1 Å². The third-order valence-corrected chi connectivity index (χ3v) is 3.93. The van der Waals surface area contributed by atoms with Crippen molar-refractivity contribution in [1.82, 2.24) is 4.90 Å². The molecule has 1 saturated heterocycles. The summed E-state index contributed by atoms with van der Waals surface area (Å²) in [4.78, 5) is 13.7. The average molecular weight is 272 g/mol. The summed E-state index contributed by atoms with van der Waals surface area (Å²) in [5.41, 5.74) is -0.268. The molecule has 98 valence electrons. The molecule has 0 spiro atoms. The second-order valence-corrected chi connectivity index (χ2v) is 5.23. The fourth-order valence-electron chi connectivity index (χ4n) is 2.09. The Morgan fingerprint density at radius 1 is 1.56 bits per heavy atom. The first-order chi connectivity index (χ1) is 8.50. The lowest BCUT2D eigenvalue weighted by Crippen LogP contribution is -2.44. The van der Waals surface area contributed by atoms with Crippen LogP contribution in [0.5, 0.6) is 5.75 Å². The van der Waals surface area contributed by atoms with E-state index in [1.807, 2.05) is 6.92 Å². The van der Waals surface area contributed by atoms with E-state index < -0.39 is 11.7 Å². The first kappa shape index (κ1) is 13.1. The van der Waals surface area contributed by atoms with Crippen LogP contribution in [-0.4, -0.2) is 34.4 Å². The van der Waals surface area contributed by atoms with Gasteiger partial charge in [0.15, 0.2) is 0 Å². The molecule has 0 bridgehead atoms. The number of likely N-dealkylation sites (tertiary alicyclic amines) is 1. The summed E-state index contributed by atoms with van der Waals surface area (Å²) in [7, 11) is 0. The number of piperidine rings is 1. The minimum absolute atomic E-state index is 0.128. The molecular weight excluding hydrogens is 257 g/mol. The molecule has 1 heterocycles. The Morgan fingerprint density at radius 3 is 2.89 bits per heavy atom. The van der Waals surface area contributed by atoms with Crippen LogP contribution in [0.15, 0.2) is 18.2 Å². The number of benzene rings is 1. The van der Waals surface area contributed by atoms with Crippen molar-refractivity contribution < 1.29 is 14.3 Å². The molecule has 1 aliphatic rings. The van der Waals surface area contributed by atoms with Crippen LogP contribution in [0, 0.1) is 11.7 Å². The van der Waals surface area contributed by atoms with Gasteiger partial charge in [0, 0.05) is 13.1 Å². The fraction of sp³-hybridized carbons (Fsp3) is 0.462. The molecule has 5 heteroatoms. The highest BCUT2D eigenvalue weighted by Crippen LogP contribution is 2.26. The van der Waals surface area contributed by atoms with Gasteiger partial charge in [-0.2, -0.15) is 0 Å². The van der Waals surface area contributed by atoms with Crippen LogP contribution in [0.1, 0.15) is 23.7 Å². The fourth-order valence-corrected chi connectivity index (χ4v) is 2.38. The number of phenolic OH excluding ortho intramolecular Hbond substituents is 1. The number of alkyl halides is 1. The molecular formula is C13H15ClFNO2. The monoisotopic (exact) mass is 271 g/mol.